The molecule has 0 aromatic heterocycles. The van der Waals surface area contributed by atoms with E-state index < -0.39 is 12.0 Å². The van der Waals surface area contributed by atoms with E-state index in [0.717, 1.165) is 0 Å². The highest BCUT2D eigenvalue weighted by molar-refractivity contribution is 5.96. The van der Waals surface area contributed by atoms with Crippen LogP contribution < -0.4 is 19.5 Å². The lowest BCUT2D eigenvalue weighted by Gasteiger charge is -2.42. The van der Waals surface area contributed by atoms with Crippen LogP contribution in [0, 0.1) is 0 Å². The van der Waals surface area contributed by atoms with Crippen molar-refractivity contribution in [3.8, 4) is 17.2 Å². The summed E-state index contributed by atoms with van der Waals surface area (Å²) in [5, 5.41) is 2.93. The highest BCUT2D eigenvalue weighted by Crippen LogP contribution is 2.40. The van der Waals surface area contributed by atoms with Gasteiger partial charge in [0.25, 0.3) is 5.91 Å². The van der Waals surface area contributed by atoms with Gasteiger partial charge in [0.2, 0.25) is 0 Å². The summed E-state index contributed by atoms with van der Waals surface area (Å²) in [6.45, 7) is 5.85. The molecule has 2 unspecified atom stereocenters. The van der Waals surface area contributed by atoms with Crippen molar-refractivity contribution in [2.24, 2.45) is 0 Å². The number of likely N-dealkylation sites (N-methyl/N-ethyl adjacent to an activating group) is 1. The first kappa shape index (κ1) is 29.7. The van der Waals surface area contributed by atoms with Gasteiger partial charge in [0.05, 0.1) is 39.6 Å². The van der Waals surface area contributed by atoms with Crippen LogP contribution in [-0.2, 0) is 9.53 Å². The summed E-state index contributed by atoms with van der Waals surface area (Å²) in [6, 6.07) is 11.1. The second-order valence-corrected chi connectivity index (χ2v) is 9.92. The first-order chi connectivity index (χ1) is 19.7. The molecule has 2 heterocycles. The molecule has 2 atom stereocenters. The molecule has 1 N–H and O–H groups in total. The van der Waals surface area contributed by atoms with Crippen LogP contribution in [-0.4, -0.2) is 99.8 Å². The standard InChI is InChI=1S/C30H38N4O7/c1-7-41-29(36)25-23(32(3)30(37)31-26(25)22-9-8-10-24(39-5)27(22)40-6)18-33-15-16-34(19(2)17-33)28(35)20-11-13-21(38-4)14-12-20/h8-14,19,26H,7,15-18H2,1-6H3,(H,31,37). The number of urea groups is 1. The number of ether oxygens (including phenoxy) is 4. The normalized spacial score (nSPS) is 19.5. The molecule has 0 spiro atoms. The van der Waals surface area contributed by atoms with Gasteiger partial charge in [-0.2, -0.15) is 0 Å². The Balaban J connectivity index is 1.63. The van der Waals surface area contributed by atoms with E-state index in [1.54, 1.807) is 63.5 Å². The van der Waals surface area contributed by atoms with Gasteiger partial charge in [-0.3, -0.25) is 14.6 Å². The Hall–Kier alpha value is -4.25. The van der Waals surface area contributed by atoms with Crippen LogP contribution in [0.1, 0.15) is 35.8 Å². The SMILES string of the molecule is CCOC(=O)C1=C(CN2CCN(C(=O)c3ccc(OC)cc3)C(C)C2)N(C)C(=O)NC1c1cccc(OC)c1OC. The van der Waals surface area contributed by atoms with E-state index in [4.69, 9.17) is 18.9 Å². The summed E-state index contributed by atoms with van der Waals surface area (Å²) in [4.78, 5) is 45.3. The van der Waals surface area contributed by atoms with Crippen LogP contribution in [0.25, 0.3) is 0 Å². The van der Waals surface area contributed by atoms with Crippen molar-refractivity contribution in [2.45, 2.75) is 25.9 Å². The molecule has 0 saturated carbocycles. The van der Waals surface area contributed by atoms with Crippen molar-refractivity contribution in [3.63, 3.8) is 0 Å². The lowest BCUT2D eigenvalue weighted by Crippen LogP contribution is -2.56. The van der Waals surface area contributed by atoms with Gasteiger partial charge in [-0.1, -0.05) is 12.1 Å². The molecule has 1 saturated heterocycles. The van der Waals surface area contributed by atoms with E-state index in [0.29, 0.717) is 65.8 Å². The Labute approximate surface area is 240 Å². The zero-order valence-electron chi connectivity index (χ0n) is 24.4. The van der Waals surface area contributed by atoms with Crippen molar-refractivity contribution in [1.82, 2.24) is 20.0 Å². The van der Waals surface area contributed by atoms with Gasteiger partial charge in [-0.25, -0.2) is 9.59 Å². The molecule has 41 heavy (non-hydrogen) atoms. The molecule has 2 aliphatic rings. The molecule has 0 aliphatic carbocycles. The number of para-hydroxylation sites is 1. The molecular weight excluding hydrogens is 528 g/mol. The summed E-state index contributed by atoms with van der Waals surface area (Å²) in [5.74, 6) is 1.02. The summed E-state index contributed by atoms with van der Waals surface area (Å²) < 4.78 is 21.8. The van der Waals surface area contributed by atoms with Gasteiger partial charge in [-0.15, -0.1) is 0 Å². The summed E-state index contributed by atoms with van der Waals surface area (Å²) in [6.07, 6.45) is 0. The molecule has 1 fully saturated rings. The van der Waals surface area contributed by atoms with Crippen molar-refractivity contribution in [1.29, 1.82) is 0 Å². The van der Waals surface area contributed by atoms with E-state index in [-0.39, 0.29) is 24.6 Å². The Morgan fingerprint density at radius 2 is 1.73 bits per heavy atom. The minimum absolute atomic E-state index is 0.0504. The van der Waals surface area contributed by atoms with E-state index in [2.05, 4.69) is 10.2 Å². The summed E-state index contributed by atoms with van der Waals surface area (Å²) >= 11 is 0. The van der Waals surface area contributed by atoms with Crippen LogP contribution >= 0.6 is 0 Å². The molecule has 2 aromatic rings. The Kier molecular flexibility index (Phi) is 9.38. The zero-order valence-corrected chi connectivity index (χ0v) is 24.4. The van der Waals surface area contributed by atoms with Crippen LogP contribution in [0.15, 0.2) is 53.7 Å². The van der Waals surface area contributed by atoms with Gasteiger partial charge < -0.3 is 29.2 Å². The number of hydrogen-bond acceptors (Lipinski definition) is 8. The van der Waals surface area contributed by atoms with Crippen molar-refractivity contribution in [2.75, 3.05) is 61.2 Å². The number of hydrogen-bond donors (Lipinski definition) is 1. The Bertz CT molecular complexity index is 1310. The van der Waals surface area contributed by atoms with Crippen LogP contribution in [0.3, 0.4) is 0 Å². The molecule has 4 rings (SSSR count). The maximum Gasteiger partial charge on any atom is 0.338 e. The fourth-order valence-electron chi connectivity index (χ4n) is 5.36. The third-order valence-electron chi connectivity index (χ3n) is 7.50. The number of carbonyl (C=O) groups is 3. The maximum absolute atomic E-state index is 13.4. The number of amides is 3. The first-order valence-corrected chi connectivity index (χ1v) is 13.6. The number of benzene rings is 2. The van der Waals surface area contributed by atoms with E-state index in [9.17, 15) is 14.4 Å². The van der Waals surface area contributed by atoms with Crippen molar-refractivity contribution >= 4 is 17.9 Å². The number of nitrogens with one attached hydrogen (secondary N) is 1. The molecule has 0 bridgehead atoms. The summed E-state index contributed by atoms with van der Waals surface area (Å²) in [7, 11) is 6.27. The average Bonchev–Trinajstić information content (AvgIpc) is 2.98. The monoisotopic (exact) mass is 566 g/mol. The largest absolute Gasteiger partial charge is 0.497 e. The molecule has 2 aromatic carbocycles. The molecule has 3 amide bonds. The van der Waals surface area contributed by atoms with Gasteiger partial charge in [0, 0.05) is 56.1 Å². The zero-order chi connectivity index (χ0) is 29.7. The van der Waals surface area contributed by atoms with Crippen LogP contribution in [0.4, 0.5) is 4.79 Å². The van der Waals surface area contributed by atoms with Crippen LogP contribution in [0.5, 0.6) is 17.2 Å². The highest BCUT2D eigenvalue weighted by atomic mass is 16.5. The lowest BCUT2D eigenvalue weighted by molar-refractivity contribution is -0.139. The number of piperazine rings is 1. The highest BCUT2D eigenvalue weighted by Gasteiger charge is 2.40. The molecule has 220 valence electrons. The minimum atomic E-state index is -0.812. The number of rotatable bonds is 9. The Morgan fingerprint density at radius 3 is 2.34 bits per heavy atom. The van der Waals surface area contributed by atoms with Gasteiger partial charge >= 0.3 is 12.0 Å². The number of methoxy groups -OCH3 is 3. The molecule has 0 radical (unpaired) electrons. The quantitative estimate of drug-likeness (QED) is 0.462. The third-order valence-corrected chi connectivity index (χ3v) is 7.50. The fraction of sp³-hybridized carbons (Fsp3) is 0.433. The minimum Gasteiger partial charge on any atom is -0.497 e. The van der Waals surface area contributed by atoms with Crippen molar-refractivity contribution < 1.29 is 33.3 Å². The second-order valence-electron chi connectivity index (χ2n) is 9.92. The third kappa shape index (κ3) is 6.09. The number of esters is 1. The fourth-order valence-corrected chi connectivity index (χ4v) is 5.36. The first-order valence-electron chi connectivity index (χ1n) is 13.6. The molecule has 2 aliphatic heterocycles. The predicted octanol–water partition coefficient (Wildman–Crippen LogP) is 3.07. The van der Waals surface area contributed by atoms with Gasteiger partial charge in [0.15, 0.2) is 11.5 Å². The topological polar surface area (TPSA) is 110 Å². The predicted molar refractivity (Wildman–Crippen MR) is 152 cm³/mol. The van der Waals surface area contributed by atoms with Crippen LogP contribution in [0.2, 0.25) is 0 Å². The smallest absolute Gasteiger partial charge is 0.338 e. The number of nitrogens with zero attached hydrogens (tertiary/aromatic N) is 3. The molecule has 11 heteroatoms. The molecule has 11 nitrogen and oxygen atoms in total. The van der Waals surface area contributed by atoms with E-state index in [1.807, 2.05) is 11.8 Å². The molecular formula is C30H38N4O7. The van der Waals surface area contributed by atoms with Gasteiger partial charge in [0.1, 0.15) is 5.75 Å². The van der Waals surface area contributed by atoms with Gasteiger partial charge in [-0.05, 0) is 44.2 Å². The average molecular weight is 567 g/mol. The second kappa shape index (κ2) is 12.9. The van der Waals surface area contributed by atoms with E-state index in [1.165, 1.54) is 19.1 Å². The maximum atomic E-state index is 13.4. The number of carbonyl (C=O) groups excluding carboxylic acids is 3. The Morgan fingerprint density at radius 1 is 1.00 bits per heavy atom. The lowest BCUT2D eigenvalue weighted by atomic mass is 9.93. The van der Waals surface area contributed by atoms with E-state index >= 15 is 0 Å². The summed E-state index contributed by atoms with van der Waals surface area (Å²) in [5.41, 5.74) is 2.03. The van der Waals surface area contributed by atoms with Crippen molar-refractivity contribution in [3.05, 3.63) is 64.9 Å².